The fraction of sp³-hybridized carbons (Fsp3) is 0.391. The number of amides is 1. The summed E-state index contributed by atoms with van der Waals surface area (Å²) in [5.74, 6) is -0.164. The van der Waals surface area contributed by atoms with Crippen molar-refractivity contribution in [1.29, 1.82) is 5.26 Å². The van der Waals surface area contributed by atoms with E-state index < -0.39 is 10.0 Å². The van der Waals surface area contributed by atoms with Crippen LogP contribution in [0.4, 0.5) is 0 Å². The zero-order valence-corrected chi connectivity index (χ0v) is 17.9. The molecule has 2 aromatic carbocycles. The van der Waals surface area contributed by atoms with Crippen molar-refractivity contribution in [2.75, 3.05) is 13.1 Å². The predicted octanol–water partition coefficient (Wildman–Crippen LogP) is 3.10. The number of hydrogen-bond donors (Lipinski definition) is 1. The van der Waals surface area contributed by atoms with Crippen molar-refractivity contribution < 1.29 is 13.2 Å². The van der Waals surface area contributed by atoms with E-state index in [1.165, 1.54) is 34.1 Å². The maximum absolute atomic E-state index is 12.8. The SMILES string of the molecule is C[C@H](CCc1ccccc1)NC(=O)C1CCN(S(=O)(=O)c2ccc(C#N)cc2)CC1. The quantitative estimate of drug-likeness (QED) is 0.738. The van der Waals surface area contributed by atoms with Gasteiger partial charge in [-0.25, -0.2) is 8.42 Å². The van der Waals surface area contributed by atoms with Crippen molar-refractivity contribution in [2.24, 2.45) is 5.92 Å². The molecule has 30 heavy (non-hydrogen) atoms. The van der Waals surface area contributed by atoms with Crippen LogP contribution in [0.25, 0.3) is 0 Å². The fourth-order valence-corrected chi connectivity index (χ4v) is 5.14. The molecule has 1 atom stereocenters. The fourth-order valence-electron chi connectivity index (χ4n) is 3.67. The van der Waals surface area contributed by atoms with Gasteiger partial charge in [-0.15, -0.1) is 0 Å². The highest BCUT2D eigenvalue weighted by atomic mass is 32.2. The lowest BCUT2D eigenvalue weighted by Gasteiger charge is -2.31. The highest BCUT2D eigenvalue weighted by molar-refractivity contribution is 7.89. The van der Waals surface area contributed by atoms with E-state index in [2.05, 4.69) is 17.4 Å². The second-order valence-corrected chi connectivity index (χ2v) is 9.69. The molecule has 0 aliphatic carbocycles. The third-order valence-electron chi connectivity index (χ3n) is 5.54. The first-order valence-corrected chi connectivity index (χ1v) is 11.7. The molecule has 1 fully saturated rings. The maximum Gasteiger partial charge on any atom is 0.243 e. The minimum absolute atomic E-state index is 0.00554. The van der Waals surface area contributed by atoms with E-state index >= 15 is 0 Å². The number of nitriles is 1. The molecule has 1 aliphatic heterocycles. The minimum Gasteiger partial charge on any atom is -0.353 e. The van der Waals surface area contributed by atoms with Gasteiger partial charge in [0.15, 0.2) is 0 Å². The largest absolute Gasteiger partial charge is 0.353 e. The maximum atomic E-state index is 12.8. The van der Waals surface area contributed by atoms with E-state index in [1.54, 1.807) is 0 Å². The van der Waals surface area contributed by atoms with Crippen LogP contribution in [-0.2, 0) is 21.2 Å². The van der Waals surface area contributed by atoms with Crippen molar-refractivity contribution in [1.82, 2.24) is 9.62 Å². The van der Waals surface area contributed by atoms with Crippen molar-refractivity contribution in [3.05, 3.63) is 65.7 Å². The van der Waals surface area contributed by atoms with Gasteiger partial charge in [0.05, 0.1) is 16.5 Å². The number of carbonyl (C=O) groups is 1. The Morgan fingerprint density at radius 3 is 2.37 bits per heavy atom. The second-order valence-electron chi connectivity index (χ2n) is 7.75. The normalized spacial score (nSPS) is 16.5. The summed E-state index contributed by atoms with van der Waals surface area (Å²) in [6.07, 6.45) is 2.78. The van der Waals surface area contributed by atoms with Crippen LogP contribution in [0.3, 0.4) is 0 Å². The van der Waals surface area contributed by atoms with Gasteiger partial charge in [0.25, 0.3) is 0 Å². The molecule has 7 heteroatoms. The molecular formula is C23H27N3O3S. The first-order chi connectivity index (χ1) is 14.4. The molecule has 0 aromatic heterocycles. The van der Waals surface area contributed by atoms with Gasteiger partial charge in [-0.1, -0.05) is 30.3 Å². The number of benzene rings is 2. The van der Waals surface area contributed by atoms with Gasteiger partial charge in [-0.2, -0.15) is 9.57 Å². The summed E-state index contributed by atoms with van der Waals surface area (Å²) in [5, 5.41) is 11.9. The number of nitrogens with one attached hydrogen (secondary N) is 1. The Bertz CT molecular complexity index is 990. The van der Waals surface area contributed by atoms with Crippen molar-refractivity contribution in [2.45, 2.75) is 43.5 Å². The van der Waals surface area contributed by atoms with Crippen LogP contribution in [0.15, 0.2) is 59.5 Å². The molecule has 0 unspecified atom stereocenters. The lowest BCUT2D eigenvalue weighted by Crippen LogP contribution is -2.44. The van der Waals surface area contributed by atoms with Gasteiger partial charge >= 0.3 is 0 Å². The number of nitrogens with zero attached hydrogens (tertiary/aromatic N) is 2. The summed E-state index contributed by atoms with van der Waals surface area (Å²) in [6.45, 7) is 2.64. The summed E-state index contributed by atoms with van der Waals surface area (Å²) in [5.41, 5.74) is 1.67. The standard InChI is InChI=1S/C23H27N3O3S/c1-18(7-8-19-5-3-2-4-6-19)25-23(27)21-13-15-26(16-14-21)30(28,29)22-11-9-20(17-24)10-12-22/h2-6,9-12,18,21H,7-8,13-16H2,1H3,(H,25,27)/t18-/m1/s1. The predicted molar refractivity (Wildman–Crippen MR) is 115 cm³/mol. The lowest BCUT2D eigenvalue weighted by molar-refractivity contribution is -0.126. The van der Waals surface area contributed by atoms with Gasteiger partial charge in [0.1, 0.15) is 0 Å². The molecule has 0 bridgehead atoms. The van der Waals surface area contributed by atoms with Crippen LogP contribution in [0.5, 0.6) is 0 Å². The molecule has 1 saturated heterocycles. The minimum atomic E-state index is -3.61. The average molecular weight is 426 g/mol. The number of piperidine rings is 1. The van der Waals surface area contributed by atoms with E-state index in [4.69, 9.17) is 5.26 Å². The first kappa shape index (κ1) is 22.0. The Morgan fingerprint density at radius 2 is 1.77 bits per heavy atom. The van der Waals surface area contributed by atoms with Crippen LogP contribution in [0.2, 0.25) is 0 Å². The van der Waals surface area contributed by atoms with E-state index in [-0.39, 0.29) is 22.8 Å². The number of rotatable bonds is 7. The Labute approximate surface area is 178 Å². The van der Waals surface area contributed by atoms with Crippen molar-refractivity contribution in [3.63, 3.8) is 0 Å². The summed E-state index contributed by atoms with van der Waals surface area (Å²) < 4.78 is 27.0. The summed E-state index contributed by atoms with van der Waals surface area (Å²) >= 11 is 0. The van der Waals surface area contributed by atoms with Gasteiger partial charge in [0.2, 0.25) is 15.9 Å². The van der Waals surface area contributed by atoms with Gasteiger partial charge in [-0.05, 0) is 62.4 Å². The second kappa shape index (κ2) is 9.88. The molecule has 2 aromatic rings. The molecule has 6 nitrogen and oxygen atoms in total. The molecule has 158 valence electrons. The van der Waals surface area contributed by atoms with Crippen LogP contribution < -0.4 is 5.32 Å². The summed E-state index contributed by atoms with van der Waals surface area (Å²) in [6, 6.07) is 18.2. The van der Waals surface area contributed by atoms with E-state index in [1.807, 2.05) is 31.2 Å². The average Bonchev–Trinajstić information content (AvgIpc) is 2.78. The molecule has 0 radical (unpaired) electrons. The zero-order chi connectivity index (χ0) is 21.6. The molecule has 1 N–H and O–H groups in total. The number of aryl methyl sites for hydroxylation is 1. The molecule has 3 rings (SSSR count). The Kier molecular flexibility index (Phi) is 7.24. The highest BCUT2D eigenvalue weighted by Gasteiger charge is 2.32. The van der Waals surface area contributed by atoms with Gasteiger partial charge in [-0.3, -0.25) is 4.79 Å². The van der Waals surface area contributed by atoms with Crippen LogP contribution in [-0.4, -0.2) is 37.8 Å². The molecular weight excluding hydrogens is 398 g/mol. The van der Waals surface area contributed by atoms with Crippen LogP contribution >= 0.6 is 0 Å². The molecule has 1 aliphatic rings. The number of carbonyl (C=O) groups excluding carboxylic acids is 1. The summed E-state index contributed by atoms with van der Waals surface area (Å²) in [4.78, 5) is 12.8. The van der Waals surface area contributed by atoms with E-state index in [9.17, 15) is 13.2 Å². The van der Waals surface area contributed by atoms with Crippen molar-refractivity contribution in [3.8, 4) is 6.07 Å². The molecule has 1 amide bonds. The van der Waals surface area contributed by atoms with Gasteiger partial charge < -0.3 is 5.32 Å². The first-order valence-electron chi connectivity index (χ1n) is 10.2. The third kappa shape index (κ3) is 5.47. The highest BCUT2D eigenvalue weighted by Crippen LogP contribution is 2.24. The topological polar surface area (TPSA) is 90.3 Å². The Balaban J connectivity index is 1.49. The molecule has 1 heterocycles. The Hall–Kier alpha value is -2.69. The lowest BCUT2D eigenvalue weighted by atomic mass is 9.96. The smallest absolute Gasteiger partial charge is 0.243 e. The summed E-state index contributed by atoms with van der Waals surface area (Å²) in [7, 11) is -3.61. The van der Waals surface area contributed by atoms with Crippen LogP contribution in [0.1, 0.15) is 37.3 Å². The van der Waals surface area contributed by atoms with Crippen LogP contribution in [0, 0.1) is 17.2 Å². The van der Waals surface area contributed by atoms with Gasteiger partial charge in [0, 0.05) is 25.0 Å². The molecule has 0 saturated carbocycles. The number of hydrogen-bond acceptors (Lipinski definition) is 4. The Morgan fingerprint density at radius 1 is 1.13 bits per heavy atom. The number of sulfonamides is 1. The third-order valence-corrected chi connectivity index (χ3v) is 7.46. The van der Waals surface area contributed by atoms with E-state index in [0.29, 0.717) is 31.5 Å². The van der Waals surface area contributed by atoms with E-state index in [0.717, 1.165) is 12.8 Å². The van der Waals surface area contributed by atoms with Crippen molar-refractivity contribution >= 4 is 15.9 Å². The monoisotopic (exact) mass is 425 g/mol. The zero-order valence-electron chi connectivity index (χ0n) is 17.1. The molecule has 0 spiro atoms.